The van der Waals surface area contributed by atoms with Gasteiger partial charge in [-0.05, 0) is 42.5 Å². The standard InChI is InChI=1S/C18H24ClN3O2/c1-18(2)11-21(9-8-15(18)20)16(23)14-7-10-22(17(14)24)13-5-3-12(19)4-6-13/h3-6,14-15H,7-11,20H2,1-2H3. The summed E-state index contributed by atoms with van der Waals surface area (Å²) in [6.45, 7) is 5.96. The Kier molecular flexibility index (Phi) is 4.58. The predicted molar refractivity (Wildman–Crippen MR) is 94.9 cm³/mol. The van der Waals surface area contributed by atoms with Gasteiger partial charge in [0, 0.05) is 36.4 Å². The van der Waals surface area contributed by atoms with E-state index in [4.69, 9.17) is 17.3 Å². The summed E-state index contributed by atoms with van der Waals surface area (Å²) in [6.07, 6.45) is 1.34. The molecule has 2 heterocycles. The normalized spacial score (nSPS) is 26.8. The molecule has 0 aromatic heterocycles. The lowest BCUT2D eigenvalue weighted by molar-refractivity contribution is -0.142. The zero-order valence-corrected chi connectivity index (χ0v) is 14.9. The quantitative estimate of drug-likeness (QED) is 0.833. The van der Waals surface area contributed by atoms with Crippen molar-refractivity contribution in [2.75, 3.05) is 24.5 Å². The number of carbonyl (C=O) groups is 2. The van der Waals surface area contributed by atoms with Gasteiger partial charge < -0.3 is 15.5 Å². The lowest BCUT2D eigenvalue weighted by Crippen LogP contribution is -2.55. The van der Waals surface area contributed by atoms with Gasteiger partial charge in [0.15, 0.2) is 0 Å². The molecule has 2 saturated heterocycles. The first-order valence-electron chi connectivity index (χ1n) is 8.41. The van der Waals surface area contributed by atoms with Crippen LogP contribution in [-0.4, -0.2) is 42.4 Å². The number of nitrogens with zero attached hydrogens (tertiary/aromatic N) is 2. The molecule has 2 aliphatic heterocycles. The van der Waals surface area contributed by atoms with Gasteiger partial charge in [0.05, 0.1) is 0 Å². The molecule has 2 atom stereocenters. The first kappa shape index (κ1) is 17.2. The first-order chi connectivity index (χ1) is 11.3. The number of halogens is 1. The molecule has 2 unspecified atom stereocenters. The van der Waals surface area contributed by atoms with Crippen LogP contribution in [-0.2, 0) is 9.59 Å². The molecule has 2 fully saturated rings. The Morgan fingerprint density at radius 3 is 2.50 bits per heavy atom. The molecule has 1 aromatic carbocycles. The van der Waals surface area contributed by atoms with Crippen molar-refractivity contribution < 1.29 is 9.59 Å². The van der Waals surface area contributed by atoms with E-state index in [2.05, 4.69) is 13.8 Å². The van der Waals surface area contributed by atoms with Crippen LogP contribution in [0.15, 0.2) is 24.3 Å². The highest BCUT2D eigenvalue weighted by Gasteiger charge is 2.43. The number of hydrogen-bond acceptors (Lipinski definition) is 3. The molecule has 130 valence electrons. The molecular weight excluding hydrogens is 326 g/mol. The average Bonchev–Trinajstić information content (AvgIpc) is 2.92. The van der Waals surface area contributed by atoms with Crippen LogP contribution in [0.25, 0.3) is 0 Å². The summed E-state index contributed by atoms with van der Waals surface area (Å²) >= 11 is 5.90. The minimum atomic E-state index is -0.578. The van der Waals surface area contributed by atoms with Crippen LogP contribution in [0.4, 0.5) is 5.69 Å². The van der Waals surface area contributed by atoms with E-state index in [1.165, 1.54) is 0 Å². The predicted octanol–water partition coefficient (Wildman–Crippen LogP) is 2.28. The zero-order valence-electron chi connectivity index (χ0n) is 14.2. The summed E-state index contributed by atoms with van der Waals surface area (Å²) in [6, 6.07) is 7.24. The second kappa shape index (κ2) is 6.37. The van der Waals surface area contributed by atoms with E-state index < -0.39 is 5.92 Å². The molecule has 5 nitrogen and oxygen atoms in total. The highest BCUT2D eigenvalue weighted by Crippen LogP contribution is 2.32. The second-order valence-corrected chi connectivity index (χ2v) is 7.89. The van der Waals surface area contributed by atoms with Crippen LogP contribution in [0.2, 0.25) is 5.02 Å². The van der Waals surface area contributed by atoms with Crippen LogP contribution in [0.5, 0.6) is 0 Å². The molecule has 0 radical (unpaired) electrons. The number of rotatable bonds is 2. The summed E-state index contributed by atoms with van der Waals surface area (Å²) < 4.78 is 0. The number of likely N-dealkylation sites (tertiary alicyclic amines) is 1. The van der Waals surface area contributed by atoms with Crippen molar-refractivity contribution in [1.82, 2.24) is 4.90 Å². The molecule has 2 amide bonds. The summed E-state index contributed by atoms with van der Waals surface area (Å²) in [4.78, 5) is 29.1. The minimum absolute atomic E-state index is 0.0589. The van der Waals surface area contributed by atoms with Crippen molar-refractivity contribution in [3.05, 3.63) is 29.3 Å². The van der Waals surface area contributed by atoms with Crippen LogP contribution in [0, 0.1) is 11.3 Å². The van der Waals surface area contributed by atoms with Crippen molar-refractivity contribution in [1.29, 1.82) is 0 Å². The number of nitrogens with two attached hydrogens (primary N) is 1. The van der Waals surface area contributed by atoms with Gasteiger partial charge in [0.2, 0.25) is 11.8 Å². The highest BCUT2D eigenvalue weighted by molar-refractivity contribution is 6.30. The van der Waals surface area contributed by atoms with Gasteiger partial charge in [0.25, 0.3) is 0 Å². The lowest BCUT2D eigenvalue weighted by atomic mass is 9.79. The van der Waals surface area contributed by atoms with Gasteiger partial charge in [-0.2, -0.15) is 0 Å². The molecule has 0 saturated carbocycles. The van der Waals surface area contributed by atoms with Gasteiger partial charge in [0.1, 0.15) is 5.92 Å². The number of amides is 2. The average molecular weight is 350 g/mol. The van der Waals surface area contributed by atoms with Crippen molar-refractivity contribution in [3.8, 4) is 0 Å². The summed E-state index contributed by atoms with van der Waals surface area (Å²) in [5.74, 6) is -0.753. The van der Waals surface area contributed by atoms with Crippen LogP contribution < -0.4 is 10.6 Å². The second-order valence-electron chi connectivity index (χ2n) is 7.45. The molecule has 24 heavy (non-hydrogen) atoms. The SMILES string of the molecule is CC1(C)CN(C(=O)C2CCN(c3ccc(Cl)cc3)C2=O)CCC1N. The molecule has 2 N–H and O–H groups in total. The van der Waals surface area contributed by atoms with Crippen molar-refractivity contribution in [3.63, 3.8) is 0 Å². The number of benzene rings is 1. The number of anilines is 1. The highest BCUT2D eigenvalue weighted by atomic mass is 35.5. The fraction of sp³-hybridized carbons (Fsp3) is 0.556. The molecule has 2 aliphatic rings. The maximum atomic E-state index is 12.9. The van der Waals surface area contributed by atoms with Crippen molar-refractivity contribution in [2.24, 2.45) is 17.1 Å². The molecule has 1 aromatic rings. The van der Waals surface area contributed by atoms with E-state index in [0.29, 0.717) is 31.1 Å². The number of piperidine rings is 1. The molecule has 0 spiro atoms. The number of carbonyl (C=O) groups excluding carboxylic acids is 2. The summed E-state index contributed by atoms with van der Waals surface area (Å²) in [5.41, 5.74) is 6.81. The Bertz CT molecular complexity index is 644. The monoisotopic (exact) mass is 349 g/mol. The van der Waals surface area contributed by atoms with E-state index >= 15 is 0 Å². The summed E-state index contributed by atoms with van der Waals surface area (Å²) in [5, 5.41) is 0.630. The summed E-state index contributed by atoms with van der Waals surface area (Å²) in [7, 11) is 0. The van der Waals surface area contributed by atoms with E-state index in [1.807, 2.05) is 17.0 Å². The van der Waals surface area contributed by atoms with Gasteiger partial charge in [-0.1, -0.05) is 25.4 Å². The molecule has 0 bridgehead atoms. The lowest BCUT2D eigenvalue weighted by Gasteiger charge is -2.43. The van der Waals surface area contributed by atoms with Gasteiger partial charge in [-0.3, -0.25) is 9.59 Å². The zero-order chi connectivity index (χ0) is 17.5. The van der Waals surface area contributed by atoms with Crippen molar-refractivity contribution in [2.45, 2.75) is 32.7 Å². The van der Waals surface area contributed by atoms with E-state index in [-0.39, 0.29) is 23.3 Å². The molecular formula is C18H24ClN3O2. The van der Waals surface area contributed by atoms with E-state index in [9.17, 15) is 9.59 Å². The maximum absolute atomic E-state index is 12.9. The maximum Gasteiger partial charge on any atom is 0.239 e. The third kappa shape index (κ3) is 3.15. The molecule has 0 aliphatic carbocycles. The smallest absolute Gasteiger partial charge is 0.239 e. The largest absolute Gasteiger partial charge is 0.341 e. The van der Waals surface area contributed by atoms with Gasteiger partial charge >= 0.3 is 0 Å². The van der Waals surface area contributed by atoms with Crippen molar-refractivity contribution >= 4 is 29.1 Å². The Morgan fingerprint density at radius 2 is 1.88 bits per heavy atom. The Balaban J connectivity index is 1.71. The topological polar surface area (TPSA) is 66.6 Å². The Morgan fingerprint density at radius 1 is 1.21 bits per heavy atom. The molecule has 3 rings (SSSR count). The van der Waals surface area contributed by atoms with E-state index in [1.54, 1.807) is 17.0 Å². The van der Waals surface area contributed by atoms with Gasteiger partial charge in [-0.15, -0.1) is 0 Å². The Labute approximate surface area is 147 Å². The van der Waals surface area contributed by atoms with Gasteiger partial charge in [-0.25, -0.2) is 0 Å². The molecule has 6 heteroatoms. The third-order valence-corrected chi connectivity index (χ3v) is 5.52. The first-order valence-corrected chi connectivity index (χ1v) is 8.79. The fourth-order valence-corrected chi connectivity index (χ4v) is 3.69. The van der Waals surface area contributed by atoms with Crippen LogP contribution in [0.3, 0.4) is 0 Å². The fourth-order valence-electron chi connectivity index (χ4n) is 3.57. The third-order valence-electron chi connectivity index (χ3n) is 5.27. The Hall–Kier alpha value is -1.59. The van der Waals surface area contributed by atoms with E-state index in [0.717, 1.165) is 12.1 Å². The van der Waals surface area contributed by atoms with Crippen LogP contribution in [0.1, 0.15) is 26.7 Å². The van der Waals surface area contributed by atoms with Crippen LogP contribution >= 0.6 is 11.6 Å². The number of hydrogen-bond donors (Lipinski definition) is 1. The minimum Gasteiger partial charge on any atom is -0.341 e.